The summed E-state index contributed by atoms with van der Waals surface area (Å²) in [6.45, 7) is 5.41. The normalized spacial score (nSPS) is 17.4. The Hall–Kier alpha value is -1.16. The molecule has 1 aliphatic rings. The van der Waals surface area contributed by atoms with E-state index in [1.807, 2.05) is 14.0 Å². The number of aryl methyl sites for hydroxylation is 1. The van der Waals surface area contributed by atoms with Gasteiger partial charge in [0.2, 0.25) is 0 Å². The summed E-state index contributed by atoms with van der Waals surface area (Å²) in [5, 5.41) is 3.23. The zero-order valence-corrected chi connectivity index (χ0v) is 10.8. The first-order valence-corrected chi connectivity index (χ1v) is 6.48. The Morgan fingerprint density at radius 1 is 1.29 bits per heavy atom. The fourth-order valence-corrected chi connectivity index (χ4v) is 2.49. The molecule has 0 bridgehead atoms. The third kappa shape index (κ3) is 3.16. The predicted octanol–water partition coefficient (Wildman–Crippen LogP) is 1.61. The van der Waals surface area contributed by atoms with E-state index in [1.165, 1.54) is 19.3 Å². The van der Waals surface area contributed by atoms with Gasteiger partial charge in [0.05, 0.1) is 5.69 Å². The van der Waals surface area contributed by atoms with E-state index < -0.39 is 0 Å². The number of aromatic nitrogens is 2. The Balaban J connectivity index is 1.89. The minimum absolute atomic E-state index is 0.871. The highest BCUT2D eigenvalue weighted by molar-refractivity contribution is 5.42. The number of piperidine rings is 1. The van der Waals surface area contributed by atoms with Gasteiger partial charge in [-0.2, -0.15) is 0 Å². The van der Waals surface area contributed by atoms with Crippen molar-refractivity contribution in [3.05, 3.63) is 18.1 Å². The fraction of sp³-hybridized carbons (Fsp3) is 0.692. The average Bonchev–Trinajstić information content (AvgIpc) is 2.38. The summed E-state index contributed by atoms with van der Waals surface area (Å²) in [7, 11) is 2.03. The molecule has 0 saturated carbocycles. The Labute approximate surface area is 103 Å². The molecule has 1 fully saturated rings. The Morgan fingerprint density at radius 2 is 2.00 bits per heavy atom. The third-order valence-corrected chi connectivity index (χ3v) is 3.57. The summed E-state index contributed by atoms with van der Waals surface area (Å²) in [6.07, 6.45) is 7.40. The molecule has 0 radical (unpaired) electrons. The summed E-state index contributed by atoms with van der Waals surface area (Å²) in [5.41, 5.74) is 1.04. The number of hydrogen-bond donors (Lipinski definition) is 1. The van der Waals surface area contributed by atoms with E-state index in [2.05, 4.69) is 20.2 Å². The molecule has 0 aromatic carbocycles. The highest BCUT2D eigenvalue weighted by Crippen LogP contribution is 2.24. The van der Waals surface area contributed by atoms with Crippen molar-refractivity contribution in [2.75, 3.05) is 31.6 Å². The van der Waals surface area contributed by atoms with Gasteiger partial charge in [-0.25, -0.2) is 4.98 Å². The van der Waals surface area contributed by atoms with Gasteiger partial charge in [-0.05, 0) is 45.7 Å². The molecule has 1 aromatic rings. The molecule has 94 valence electrons. The van der Waals surface area contributed by atoms with Crippen LogP contribution in [-0.4, -0.2) is 36.6 Å². The van der Waals surface area contributed by atoms with Gasteiger partial charge in [0, 0.05) is 25.5 Å². The molecule has 1 saturated heterocycles. The van der Waals surface area contributed by atoms with Crippen LogP contribution >= 0.6 is 0 Å². The topological polar surface area (TPSA) is 41.0 Å². The van der Waals surface area contributed by atoms with Crippen molar-refractivity contribution in [2.45, 2.75) is 26.2 Å². The molecule has 2 heterocycles. The number of hydrogen-bond acceptors (Lipinski definition) is 4. The second kappa shape index (κ2) is 5.96. The molecule has 1 aromatic heterocycles. The van der Waals surface area contributed by atoms with Crippen LogP contribution in [0.5, 0.6) is 0 Å². The van der Waals surface area contributed by atoms with Crippen LogP contribution in [0.1, 0.15) is 25.0 Å². The van der Waals surface area contributed by atoms with Gasteiger partial charge in [0.25, 0.3) is 0 Å². The van der Waals surface area contributed by atoms with Crippen LogP contribution in [0.25, 0.3) is 0 Å². The Bertz CT molecular complexity index is 345. The van der Waals surface area contributed by atoms with Crippen molar-refractivity contribution in [1.82, 2.24) is 15.3 Å². The van der Waals surface area contributed by atoms with Crippen LogP contribution in [0.4, 0.5) is 5.82 Å². The monoisotopic (exact) mass is 234 g/mol. The van der Waals surface area contributed by atoms with Crippen molar-refractivity contribution in [3.8, 4) is 0 Å². The maximum absolute atomic E-state index is 4.44. The highest BCUT2D eigenvalue weighted by Gasteiger charge is 2.20. The summed E-state index contributed by atoms with van der Waals surface area (Å²) in [5.74, 6) is 1.94. The molecule has 4 heteroatoms. The minimum Gasteiger partial charge on any atom is -0.355 e. The fourth-order valence-electron chi connectivity index (χ4n) is 2.49. The number of nitrogens with one attached hydrogen (secondary N) is 1. The van der Waals surface area contributed by atoms with Crippen molar-refractivity contribution < 1.29 is 0 Å². The zero-order chi connectivity index (χ0) is 12.1. The average molecular weight is 234 g/mol. The molecule has 0 amide bonds. The van der Waals surface area contributed by atoms with E-state index in [-0.39, 0.29) is 0 Å². The summed E-state index contributed by atoms with van der Waals surface area (Å²) >= 11 is 0. The van der Waals surface area contributed by atoms with E-state index in [0.717, 1.165) is 37.1 Å². The lowest BCUT2D eigenvalue weighted by molar-refractivity contribution is 0.376. The summed E-state index contributed by atoms with van der Waals surface area (Å²) in [4.78, 5) is 11.1. The first-order valence-electron chi connectivity index (χ1n) is 6.48. The molecule has 2 rings (SSSR count). The number of rotatable bonds is 4. The van der Waals surface area contributed by atoms with Gasteiger partial charge >= 0.3 is 0 Å². The predicted molar refractivity (Wildman–Crippen MR) is 70.2 cm³/mol. The van der Waals surface area contributed by atoms with E-state index >= 15 is 0 Å². The van der Waals surface area contributed by atoms with Crippen molar-refractivity contribution in [1.29, 1.82) is 0 Å². The Kier molecular flexibility index (Phi) is 4.31. The molecular formula is C13H22N4. The van der Waals surface area contributed by atoms with Crippen LogP contribution < -0.4 is 10.2 Å². The van der Waals surface area contributed by atoms with Gasteiger partial charge in [0.15, 0.2) is 0 Å². The molecular weight excluding hydrogens is 212 g/mol. The summed E-state index contributed by atoms with van der Waals surface area (Å²) in [6, 6.07) is 0. The lowest BCUT2D eigenvalue weighted by Gasteiger charge is -2.33. The van der Waals surface area contributed by atoms with E-state index in [9.17, 15) is 0 Å². The second-order valence-corrected chi connectivity index (χ2v) is 4.79. The zero-order valence-electron chi connectivity index (χ0n) is 10.8. The van der Waals surface area contributed by atoms with Crippen molar-refractivity contribution >= 4 is 5.82 Å². The lowest BCUT2D eigenvalue weighted by Crippen LogP contribution is -2.35. The van der Waals surface area contributed by atoms with Crippen LogP contribution in [0.15, 0.2) is 12.4 Å². The van der Waals surface area contributed by atoms with Crippen molar-refractivity contribution in [2.24, 2.45) is 5.92 Å². The molecule has 17 heavy (non-hydrogen) atoms. The molecule has 1 N–H and O–H groups in total. The van der Waals surface area contributed by atoms with E-state index in [4.69, 9.17) is 0 Å². The molecule has 1 aliphatic heterocycles. The van der Waals surface area contributed by atoms with Gasteiger partial charge in [-0.3, -0.25) is 4.98 Å². The largest absolute Gasteiger partial charge is 0.355 e. The van der Waals surface area contributed by atoms with Crippen LogP contribution in [0, 0.1) is 12.8 Å². The van der Waals surface area contributed by atoms with Crippen LogP contribution in [-0.2, 0) is 0 Å². The van der Waals surface area contributed by atoms with Gasteiger partial charge < -0.3 is 10.2 Å². The minimum atomic E-state index is 0.871. The van der Waals surface area contributed by atoms with E-state index in [1.54, 1.807) is 12.4 Å². The highest BCUT2D eigenvalue weighted by atomic mass is 15.2. The molecule has 4 nitrogen and oxygen atoms in total. The van der Waals surface area contributed by atoms with E-state index in [0.29, 0.717) is 0 Å². The van der Waals surface area contributed by atoms with Gasteiger partial charge in [-0.1, -0.05) is 0 Å². The maximum atomic E-state index is 4.44. The van der Waals surface area contributed by atoms with Crippen LogP contribution in [0.3, 0.4) is 0 Å². The first kappa shape index (κ1) is 12.3. The molecule has 0 unspecified atom stereocenters. The maximum Gasteiger partial charge on any atom is 0.150 e. The Morgan fingerprint density at radius 3 is 2.65 bits per heavy atom. The number of nitrogens with zero attached hydrogens (tertiary/aromatic N) is 3. The quantitative estimate of drug-likeness (QED) is 0.859. The third-order valence-electron chi connectivity index (χ3n) is 3.57. The van der Waals surface area contributed by atoms with Gasteiger partial charge in [-0.15, -0.1) is 0 Å². The molecule has 0 aliphatic carbocycles. The first-order chi connectivity index (χ1) is 8.31. The summed E-state index contributed by atoms with van der Waals surface area (Å²) < 4.78 is 0. The standard InChI is InChI=1S/C13H22N4/c1-11-13(16-8-7-15-11)17-9-4-12(5-10-17)3-6-14-2/h7-8,12,14H,3-6,9-10H2,1-2H3. The van der Waals surface area contributed by atoms with Crippen molar-refractivity contribution in [3.63, 3.8) is 0 Å². The smallest absolute Gasteiger partial charge is 0.150 e. The SMILES string of the molecule is CNCCC1CCN(c2nccnc2C)CC1. The van der Waals surface area contributed by atoms with Crippen LogP contribution in [0.2, 0.25) is 0 Å². The molecule has 0 atom stereocenters. The number of anilines is 1. The second-order valence-electron chi connectivity index (χ2n) is 4.79. The molecule has 0 spiro atoms. The van der Waals surface area contributed by atoms with Gasteiger partial charge in [0.1, 0.15) is 5.82 Å². The lowest BCUT2D eigenvalue weighted by atomic mass is 9.93.